The summed E-state index contributed by atoms with van der Waals surface area (Å²) in [5.41, 5.74) is 1.02. The standard InChI is InChI=1S/C13H11ClN2O2/c14-10-8-15-11(16-12(10)13(17)18)7-6-9-4-2-1-3-5-9/h1-5,8H,6-7H2,(H,17,18). The molecule has 4 nitrogen and oxygen atoms in total. The minimum atomic E-state index is -1.14. The lowest BCUT2D eigenvalue weighted by atomic mass is 10.1. The van der Waals surface area contributed by atoms with Crippen molar-refractivity contribution in [1.82, 2.24) is 9.97 Å². The molecule has 0 amide bonds. The number of rotatable bonds is 4. The predicted molar refractivity (Wildman–Crippen MR) is 67.9 cm³/mol. The van der Waals surface area contributed by atoms with Crippen molar-refractivity contribution in [3.8, 4) is 0 Å². The number of benzene rings is 1. The third-order valence-corrected chi connectivity index (χ3v) is 2.75. The molecule has 0 radical (unpaired) electrons. The zero-order chi connectivity index (χ0) is 13.0. The Kier molecular flexibility index (Phi) is 3.89. The van der Waals surface area contributed by atoms with Gasteiger partial charge in [-0.15, -0.1) is 0 Å². The van der Waals surface area contributed by atoms with Gasteiger partial charge in [-0.2, -0.15) is 0 Å². The fourth-order valence-corrected chi connectivity index (χ4v) is 1.75. The Hall–Kier alpha value is -1.94. The number of aromatic nitrogens is 2. The van der Waals surface area contributed by atoms with Crippen LogP contribution >= 0.6 is 11.6 Å². The van der Waals surface area contributed by atoms with Crippen molar-refractivity contribution in [2.75, 3.05) is 0 Å². The van der Waals surface area contributed by atoms with Crippen LogP contribution < -0.4 is 0 Å². The number of hydrogen-bond acceptors (Lipinski definition) is 3. The van der Waals surface area contributed by atoms with E-state index in [4.69, 9.17) is 16.7 Å². The highest BCUT2D eigenvalue weighted by molar-refractivity contribution is 6.33. The molecule has 5 heteroatoms. The molecule has 0 spiro atoms. The van der Waals surface area contributed by atoms with E-state index >= 15 is 0 Å². The Morgan fingerprint density at radius 3 is 2.61 bits per heavy atom. The van der Waals surface area contributed by atoms with Gasteiger partial charge in [0.2, 0.25) is 0 Å². The molecule has 2 rings (SSSR count). The van der Waals surface area contributed by atoms with E-state index in [1.165, 1.54) is 6.20 Å². The summed E-state index contributed by atoms with van der Waals surface area (Å²) in [5, 5.41) is 8.96. The van der Waals surface area contributed by atoms with Crippen LogP contribution in [0, 0.1) is 0 Å². The average Bonchev–Trinajstić information content (AvgIpc) is 2.38. The summed E-state index contributed by atoms with van der Waals surface area (Å²) in [6, 6.07) is 9.88. The second-order valence-corrected chi connectivity index (χ2v) is 4.18. The van der Waals surface area contributed by atoms with E-state index in [1.54, 1.807) is 0 Å². The Bertz CT molecular complexity index is 558. The smallest absolute Gasteiger partial charge is 0.356 e. The normalized spacial score (nSPS) is 10.3. The van der Waals surface area contributed by atoms with Gasteiger partial charge >= 0.3 is 5.97 Å². The first kappa shape index (κ1) is 12.5. The van der Waals surface area contributed by atoms with Gasteiger partial charge < -0.3 is 5.11 Å². The van der Waals surface area contributed by atoms with Crippen LogP contribution in [0.4, 0.5) is 0 Å². The van der Waals surface area contributed by atoms with Crippen molar-refractivity contribution in [2.45, 2.75) is 12.8 Å². The third kappa shape index (κ3) is 3.05. The van der Waals surface area contributed by atoms with Crippen molar-refractivity contribution in [3.05, 3.63) is 58.6 Å². The molecule has 0 bridgehead atoms. The molecule has 18 heavy (non-hydrogen) atoms. The Labute approximate surface area is 109 Å². The van der Waals surface area contributed by atoms with Crippen LogP contribution in [0.15, 0.2) is 36.5 Å². The topological polar surface area (TPSA) is 63.1 Å². The van der Waals surface area contributed by atoms with Crippen LogP contribution in [0.3, 0.4) is 0 Å². The monoisotopic (exact) mass is 262 g/mol. The fourth-order valence-electron chi connectivity index (χ4n) is 1.57. The van der Waals surface area contributed by atoms with E-state index in [0.717, 1.165) is 12.0 Å². The van der Waals surface area contributed by atoms with Crippen molar-refractivity contribution in [1.29, 1.82) is 0 Å². The molecule has 2 aromatic rings. The molecule has 0 atom stereocenters. The number of carboxylic acids is 1. The van der Waals surface area contributed by atoms with Gasteiger partial charge in [0.05, 0.1) is 11.2 Å². The lowest BCUT2D eigenvalue weighted by Crippen LogP contribution is -2.07. The van der Waals surface area contributed by atoms with Crippen LogP contribution in [0.5, 0.6) is 0 Å². The zero-order valence-electron chi connectivity index (χ0n) is 9.51. The second-order valence-electron chi connectivity index (χ2n) is 3.77. The number of aromatic carboxylic acids is 1. The maximum atomic E-state index is 10.9. The molecule has 0 unspecified atom stereocenters. The summed E-state index contributed by atoms with van der Waals surface area (Å²) in [6.07, 6.45) is 2.68. The number of carboxylic acid groups (broad SMARTS) is 1. The molecule has 0 aliphatic rings. The van der Waals surface area contributed by atoms with Crippen LogP contribution in [0.1, 0.15) is 21.9 Å². The largest absolute Gasteiger partial charge is 0.476 e. The molecule has 0 saturated carbocycles. The van der Waals surface area contributed by atoms with Crippen molar-refractivity contribution < 1.29 is 9.90 Å². The second kappa shape index (κ2) is 5.60. The number of aryl methyl sites for hydroxylation is 2. The van der Waals surface area contributed by atoms with E-state index in [9.17, 15) is 4.79 Å². The van der Waals surface area contributed by atoms with Crippen molar-refractivity contribution in [2.24, 2.45) is 0 Å². The molecule has 92 valence electrons. The van der Waals surface area contributed by atoms with Gasteiger partial charge in [-0.3, -0.25) is 0 Å². The SMILES string of the molecule is O=C(O)c1nc(CCc2ccccc2)ncc1Cl. The third-order valence-electron chi connectivity index (χ3n) is 2.48. The molecule has 0 fully saturated rings. The lowest BCUT2D eigenvalue weighted by molar-refractivity contribution is 0.0690. The summed E-state index contributed by atoms with van der Waals surface area (Å²) in [7, 11) is 0. The quantitative estimate of drug-likeness (QED) is 0.920. The molecule has 1 heterocycles. The first-order chi connectivity index (χ1) is 8.66. The summed E-state index contributed by atoms with van der Waals surface area (Å²) >= 11 is 5.70. The lowest BCUT2D eigenvalue weighted by Gasteiger charge is -2.03. The highest BCUT2D eigenvalue weighted by atomic mass is 35.5. The summed E-state index contributed by atoms with van der Waals surface area (Å²) in [5.74, 6) is -0.649. The highest BCUT2D eigenvalue weighted by Gasteiger charge is 2.12. The van der Waals surface area contributed by atoms with E-state index in [2.05, 4.69) is 9.97 Å². The van der Waals surface area contributed by atoms with Gasteiger partial charge in [0.25, 0.3) is 0 Å². The Balaban J connectivity index is 2.11. The average molecular weight is 263 g/mol. The van der Waals surface area contributed by atoms with E-state index in [0.29, 0.717) is 12.2 Å². The molecular formula is C13H11ClN2O2. The van der Waals surface area contributed by atoms with Gasteiger partial charge in [-0.25, -0.2) is 14.8 Å². The number of carbonyl (C=O) groups is 1. The molecule has 0 aliphatic heterocycles. The number of halogens is 1. The van der Waals surface area contributed by atoms with Crippen LogP contribution in [-0.2, 0) is 12.8 Å². The maximum Gasteiger partial charge on any atom is 0.356 e. The summed E-state index contributed by atoms with van der Waals surface area (Å²) in [6.45, 7) is 0. The first-order valence-corrected chi connectivity index (χ1v) is 5.83. The van der Waals surface area contributed by atoms with Crippen LogP contribution in [0.2, 0.25) is 5.02 Å². The van der Waals surface area contributed by atoms with E-state index in [-0.39, 0.29) is 10.7 Å². The molecule has 1 aromatic carbocycles. The molecular weight excluding hydrogens is 252 g/mol. The molecule has 0 aliphatic carbocycles. The van der Waals surface area contributed by atoms with Crippen molar-refractivity contribution in [3.63, 3.8) is 0 Å². The Morgan fingerprint density at radius 2 is 1.94 bits per heavy atom. The minimum Gasteiger partial charge on any atom is -0.476 e. The number of nitrogens with zero attached hydrogens (tertiary/aromatic N) is 2. The van der Waals surface area contributed by atoms with Gasteiger partial charge in [-0.1, -0.05) is 41.9 Å². The van der Waals surface area contributed by atoms with Gasteiger partial charge in [-0.05, 0) is 12.0 Å². The van der Waals surface area contributed by atoms with Gasteiger partial charge in [0.1, 0.15) is 5.82 Å². The summed E-state index contributed by atoms with van der Waals surface area (Å²) in [4.78, 5) is 18.8. The molecule has 0 saturated heterocycles. The van der Waals surface area contributed by atoms with Crippen LogP contribution in [-0.4, -0.2) is 21.0 Å². The van der Waals surface area contributed by atoms with Gasteiger partial charge in [0, 0.05) is 6.42 Å². The van der Waals surface area contributed by atoms with Crippen LogP contribution in [0.25, 0.3) is 0 Å². The summed E-state index contributed by atoms with van der Waals surface area (Å²) < 4.78 is 0. The highest BCUT2D eigenvalue weighted by Crippen LogP contribution is 2.13. The number of hydrogen-bond donors (Lipinski definition) is 1. The molecule has 1 aromatic heterocycles. The predicted octanol–water partition coefficient (Wildman–Crippen LogP) is 2.61. The van der Waals surface area contributed by atoms with Crippen molar-refractivity contribution >= 4 is 17.6 Å². The van der Waals surface area contributed by atoms with Gasteiger partial charge in [0.15, 0.2) is 5.69 Å². The van der Waals surface area contributed by atoms with E-state index < -0.39 is 5.97 Å². The first-order valence-electron chi connectivity index (χ1n) is 5.45. The maximum absolute atomic E-state index is 10.9. The minimum absolute atomic E-state index is 0.0611. The zero-order valence-corrected chi connectivity index (χ0v) is 10.3. The Morgan fingerprint density at radius 1 is 1.22 bits per heavy atom. The molecule has 1 N–H and O–H groups in total. The fraction of sp³-hybridized carbons (Fsp3) is 0.154. The van der Waals surface area contributed by atoms with E-state index in [1.807, 2.05) is 30.3 Å².